The summed E-state index contributed by atoms with van der Waals surface area (Å²) >= 11 is 7.64. The minimum absolute atomic E-state index is 0. The minimum Gasteiger partial charge on any atom is -0.326 e. The van der Waals surface area contributed by atoms with Crippen molar-refractivity contribution < 1.29 is 0 Å². The molecule has 16 heavy (non-hydrogen) atoms. The van der Waals surface area contributed by atoms with E-state index in [1.807, 2.05) is 18.2 Å². The lowest BCUT2D eigenvalue weighted by molar-refractivity contribution is 1.10. The second-order valence-electron chi connectivity index (χ2n) is 3.43. The van der Waals surface area contributed by atoms with Gasteiger partial charge in [0.25, 0.3) is 0 Å². The molecule has 0 radical (unpaired) electrons. The van der Waals surface area contributed by atoms with Crippen molar-refractivity contribution >= 4 is 35.3 Å². The SMILES string of the molecule is Cl.NCc1cc(Cc2cccc(Cl)c2)cs1. The number of hydrogen-bond donors (Lipinski definition) is 1. The van der Waals surface area contributed by atoms with E-state index in [9.17, 15) is 0 Å². The molecule has 0 aliphatic rings. The van der Waals surface area contributed by atoms with Crippen LogP contribution < -0.4 is 5.73 Å². The monoisotopic (exact) mass is 273 g/mol. The Morgan fingerprint density at radius 3 is 2.62 bits per heavy atom. The van der Waals surface area contributed by atoms with Gasteiger partial charge in [-0.25, -0.2) is 0 Å². The first-order valence-electron chi connectivity index (χ1n) is 4.79. The van der Waals surface area contributed by atoms with Crippen molar-refractivity contribution in [3.8, 4) is 0 Å². The standard InChI is InChI=1S/C12H12ClNS.ClH/c13-11-3-1-2-9(5-11)4-10-6-12(7-14)15-8-10;/h1-3,5-6,8H,4,7,14H2;1H. The van der Waals surface area contributed by atoms with E-state index in [-0.39, 0.29) is 12.4 Å². The molecule has 0 saturated carbocycles. The molecule has 0 bridgehead atoms. The highest BCUT2D eigenvalue weighted by molar-refractivity contribution is 7.10. The largest absolute Gasteiger partial charge is 0.326 e. The number of thiophene rings is 1. The second kappa shape index (κ2) is 6.26. The molecule has 0 spiro atoms. The lowest BCUT2D eigenvalue weighted by Crippen LogP contribution is -1.92. The van der Waals surface area contributed by atoms with E-state index >= 15 is 0 Å². The van der Waals surface area contributed by atoms with Crippen LogP contribution in [0, 0.1) is 0 Å². The molecule has 0 atom stereocenters. The fourth-order valence-electron chi connectivity index (χ4n) is 1.51. The molecule has 2 N–H and O–H groups in total. The summed E-state index contributed by atoms with van der Waals surface area (Å²) < 4.78 is 0. The second-order valence-corrected chi connectivity index (χ2v) is 4.86. The zero-order valence-electron chi connectivity index (χ0n) is 8.65. The summed E-state index contributed by atoms with van der Waals surface area (Å²) in [6, 6.07) is 10.1. The Morgan fingerprint density at radius 1 is 1.19 bits per heavy atom. The molecule has 0 amide bonds. The van der Waals surface area contributed by atoms with Gasteiger partial charge in [0, 0.05) is 16.4 Å². The van der Waals surface area contributed by atoms with E-state index in [0.29, 0.717) is 6.54 Å². The lowest BCUT2D eigenvalue weighted by atomic mass is 10.1. The summed E-state index contributed by atoms with van der Waals surface area (Å²) in [6.45, 7) is 0.625. The van der Waals surface area contributed by atoms with Crippen molar-refractivity contribution in [3.05, 3.63) is 56.7 Å². The van der Waals surface area contributed by atoms with E-state index in [2.05, 4.69) is 17.5 Å². The molecule has 0 unspecified atom stereocenters. The molecule has 0 aliphatic carbocycles. The number of nitrogens with two attached hydrogens (primary N) is 1. The van der Waals surface area contributed by atoms with Crippen molar-refractivity contribution in [2.45, 2.75) is 13.0 Å². The molecular weight excluding hydrogens is 261 g/mol. The summed E-state index contributed by atoms with van der Waals surface area (Å²) in [5.74, 6) is 0. The van der Waals surface area contributed by atoms with Gasteiger partial charge in [0.05, 0.1) is 0 Å². The van der Waals surface area contributed by atoms with Crippen LogP contribution in [0.3, 0.4) is 0 Å². The normalized spacial score (nSPS) is 9.88. The average molecular weight is 274 g/mol. The number of hydrogen-bond acceptors (Lipinski definition) is 2. The molecule has 1 nitrogen and oxygen atoms in total. The van der Waals surface area contributed by atoms with E-state index in [1.165, 1.54) is 16.0 Å². The fourth-order valence-corrected chi connectivity index (χ4v) is 2.49. The van der Waals surface area contributed by atoms with Gasteiger partial charge < -0.3 is 5.73 Å². The zero-order chi connectivity index (χ0) is 10.7. The van der Waals surface area contributed by atoms with Crippen LogP contribution in [0.5, 0.6) is 0 Å². The first-order chi connectivity index (χ1) is 7.28. The molecule has 1 heterocycles. The molecule has 86 valence electrons. The van der Waals surface area contributed by atoms with Gasteiger partial charge in [0.15, 0.2) is 0 Å². The van der Waals surface area contributed by atoms with Gasteiger partial charge in [-0.15, -0.1) is 23.7 Å². The lowest BCUT2D eigenvalue weighted by Gasteiger charge is -1.99. The maximum absolute atomic E-state index is 5.93. The molecule has 0 saturated heterocycles. The Bertz CT molecular complexity index is 454. The van der Waals surface area contributed by atoms with Gasteiger partial charge in [0.2, 0.25) is 0 Å². The fraction of sp³-hybridized carbons (Fsp3) is 0.167. The van der Waals surface area contributed by atoms with Crippen molar-refractivity contribution in [1.82, 2.24) is 0 Å². The van der Waals surface area contributed by atoms with Crippen LogP contribution in [0.25, 0.3) is 0 Å². The molecule has 0 aliphatic heterocycles. The summed E-state index contributed by atoms with van der Waals surface area (Å²) in [5, 5.41) is 2.95. The molecule has 2 aromatic rings. The quantitative estimate of drug-likeness (QED) is 0.903. The molecule has 1 aromatic carbocycles. The number of benzene rings is 1. The highest BCUT2D eigenvalue weighted by atomic mass is 35.5. The molecule has 0 fully saturated rings. The summed E-state index contributed by atoms with van der Waals surface area (Å²) in [5.41, 5.74) is 8.12. The Balaban J connectivity index is 0.00000128. The number of halogens is 2. The van der Waals surface area contributed by atoms with E-state index in [1.54, 1.807) is 11.3 Å². The van der Waals surface area contributed by atoms with Crippen molar-refractivity contribution in [2.75, 3.05) is 0 Å². The van der Waals surface area contributed by atoms with Crippen LogP contribution in [0.15, 0.2) is 35.7 Å². The molecule has 4 heteroatoms. The summed E-state index contributed by atoms with van der Waals surface area (Å²) in [4.78, 5) is 1.23. The van der Waals surface area contributed by atoms with E-state index < -0.39 is 0 Å². The van der Waals surface area contributed by atoms with E-state index in [0.717, 1.165) is 11.4 Å². The summed E-state index contributed by atoms with van der Waals surface area (Å²) in [6.07, 6.45) is 0.928. The third-order valence-electron chi connectivity index (χ3n) is 2.21. The van der Waals surface area contributed by atoms with Gasteiger partial charge in [-0.3, -0.25) is 0 Å². The molecular formula is C12H13Cl2NS. The molecule has 2 rings (SSSR count). The highest BCUT2D eigenvalue weighted by Crippen LogP contribution is 2.19. The van der Waals surface area contributed by atoms with Crippen LogP contribution in [0.1, 0.15) is 16.0 Å². The van der Waals surface area contributed by atoms with Crippen molar-refractivity contribution in [3.63, 3.8) is 0 Å². The van der Waals surface area contributed by atoms with Crippen LogP contribution >= 0.6 is 35.3 Å². The first kappa shape index (κ1) is 13.5. The number of rotatable bonds is 3. The zero-order valence-corrected chi connectivity index (χ0v) is 11.0. The Labute approximate surface area is 111 Å². The third-order valence-corrected chi connectivity index (χ3v) is 3.45. The molecule has 1 aromatic heterocycles. The highest BCUT2D eigenvalue weighted by Gasteiger charge is 2.00. The predicted octanol–water partition coefficient (Wildman–Crippen LogP) is 3.87. The van der Waals surface area contributed by atoms with Crippen molar-refractivity contribution in [2.24, 2.45) is 5.73 Å². The Morgan fingerprint density at radius 2 is 2.00 bits per heavy atom. The predicted molar refractivity (Wildman–Crippen MR) is 73.7 cm³/mol. The van der Waals surface area contributed by atoms with Gasteiger partial charge >= 0.3 is 0 Å². The third kappa shape index (κ3) is 3.49. The van der Waals surface area contributed by atoms with Crippen molar-refractivity contribution in [1.29, 1.82) is 0 Å². The van der Waals surface area contributed by atoms with Gasteiger partial charge in [-0.2, -0.15) is 0 Å². The van der Waals surface area contributed by atoms with Crippen LogP contribution in [0.2, 0.25) is 5.02 Å². The van der Waals surface area contributed by atoms with Crippen LogP contribution in [0.4, 0.5) is 0 Å². The van der Waals surface area contributed by atoms with Crippen LogP contribution in [-0.4, -0.2) is 0 Å². The maximum atomic E-state index is 5.93. The van der Waals surface area contributed by atoms with Gasteiger partial charge in [-0.05, 0) is 41.1 Å². The maximum Gasteiger partial charge on any atom is 0.0408 e. The summed E-state index contributed by atoms with van der Waals surface area (Å²) in [7, 11) is 0. The minimum atomic E-state index is 0. The topological polar surface area (TPSA) is 26.0 Å². The smallest absolute Gasteiger partial charge is 0.0408 e. The van der Waals surface area contributed by atoms with Gasteiger partial charge in [0.1, 0.15) is 0 Å². The van der Waals surface area contributed by atoms with E-state index in [4.69, 9.17) is 17.3 Å². The first-order valence-corrected chi connectivity index (χ1v) is 6.04. The average Bonchev–Trinajstić information content (AvgIpc) is 2.65. The Kier molecular flexibility index (Phi) is 5.29. The van der Waals surface area contributed by atoms with Crippen LogP contribution in [-0.2, 0) is 13.0 Å². The van der Waals surface area contributed by atoms with Gasteiger partial charge in [-0.1, -0.05) is 23.7 Å². The Hall–Kier alpha value is -0.540.